The van der Waals surface area contributed by atoms with Crippen molar-refractivity contribution in [2.24, 2.45) is 11.7 Å². The van der Waals surface area contributed by atoms with Gasteiger partial charge in [0.05, 0.1) is 13.7 Å². The minimum Gasteiger partial charge on any atom is -0.468 e. The summed E-state index contributed by atoms with van der Waals surface area (Å²) in [6.07, 6.45) is 0.919. The van der Waals surface area contributed by atoms with Crippen molar-refractivity contribution in [3.63, 3.8) is 0 Å². The molecule has 1 atom stereocenters. The molecule has 0 spiro atoms. The minimum absolute atomic E-state index is 0.210. The summed E-state index contributed by atoms with van der Waals surface area (Å²) in [5.41, 5.74) is 5.16. The first kappa shape index (κ1) is 13.9. The lowest BCUT2D eigenvalue weighted by Gasteiger charge is -2.22. The molecule has 0 saturated heterocycles. The Labute approximate surface area is 90.6 Å². The molecular formula is C10H20N2O3. The molecule has 1 unspecified atom stereocenters. The summed E-state index contributed by atoms with van der Waals surface area (Å²) < 4.78 is 4.57. The van der Waals surface area contributed by atoms with Gasteiger partial charge in [0.15, 0.2) is 0 Å². The summed E-state index contributed by atoms with van der Waals surface area (Å²) in [6.45, 7) is 5.23. The van der Waals surface area contributed by atoms with E-state index >= 15 is 0 Å². The van der Waals surface area contributed by atoms with E-state index in [1.807, 2.05) is 11.8 Å². The van der Waals surface area contributed by atoms with E-state index in [0.29, 0.717) is 6.54 Å². The quantitative estimate of drug-likeness (QED) is 0.608. The zero-order valence-corrected chi connectivity index (χ0v) is 9.66. The largest absolute Gasteiger partial charge is 0.468 e. The molecule has 0 rings (SSSR count). The second-order valence-corrected chi connectivity index (χ2v) is 3.61. The number of esters is 1. The fraction of sp³-hybridized carbons (Fsp3) is 0.800. The van der Waals surface area contributed by atoms with Gasteiger partial charge >= 0.3 is 5.97 Å². The second-order valence-electron chi connectivity index (χ2n) is 3.61. The molecule has 0 aliphatic carbocycles. The van der Waals surface area contributed by atoms with Crippen molar-refractivity contribution in [2.45, 2.75) is 20.3 Å². The normalized spacial score (nSPS) is 12.5. The Kier molecular flexibility index (Phi) is 6.70. The van der Waals surface area contributed by atoms with E-state index in [1.165, 1.54) is 7.11 Å². The topological polar surface area (TPSA) is 72.6 Å². The smallest absolute Gasteiger partial charge is 0.319 e. The van der Waals surface area contributed by atoms with E-state index in [-0.39, 0.29) is 24.3 Å². The number of hydrogen-bond donors (Lipinski definition) is 1. The molecule has 15 heavy (non-hydrogen) atoms. The van der Waals surface area contributed by atoms with Gasteiger partial charge in [-0.15, -0.1) is 0 Å². The van der Waals surface area contributed by atoms with Crippen molar-refractivity contribution in [1.82, 2.24) is 4.90 Å². The summed E-state index contributed by atoms with van der Waals surface area (Å²) in [6, 6.07) is 0. The highest BCUT2D eigenvalue weighted by Crippen LogP contribution is 2.00. The molecule has 0 aliphatic heterocycles. The summed E-state index contributed by atoms with van der Waals surface area (Å²) in [5.74, 6) is -0.887. The minimum atomic E-state index is -0.346. The van der Waals surface area contributed by atoms with Crippen molar-refractivity contribution in [3.05, 3.63) is 0 Å². The van der Waals surface area contributed by atoms with Crippen LogP contribution in [0.4, 0.5) is 0 Å². The number of carbonyl (C=O) groups is 2. The molecule has 0 aromatic heterocycles. The van der Waals surface area contributed by atoms with Crippen LogP contribution in [0.5, 0.6) is 0 Å². The Bertz CT molecular complexity index is 219. The van der Waals surface area contributed by atoms with Gasteiger partial charge in [-0.05, 0) is 13.0 Å². The number of rotatable bonds is 7. The Morgan fingerprint density at radius 2 is 2.07 bits per heavy atom. The molecule has 0 fully saturated rings. The van der Waals surface area contributed by atoms with E-state index in [9.17, 15) is 9.59 Å². The zero-order valence-electron chi connectivity index (χ0n) is 9.66. The third-order valence-corrected chi connectivity index (χ3v) is 2.14. The molecule has 88 valence electrons. The predicted molar refractivity (Wildman–Crippen MR) is 57.1 cm³/mol. The van der Waals surface area contributed by atoms with Gasteiger partial charge in [-0.3, -0.25) is 14.5 Å². The summed E-state index contributed by atoms with van der Waals surface area (Å²) in [4.78, 5) is 23.8. The third kappa shape index (κ3) is 6.06. The predicted octanol–water partition coefficient (Wildman–Crippen LogP) is -0.00720. The first-order valence-electron chi connectivity index (χ1n) is 5.09. The van der Waals surface area contributed by atoms with Crippen LogP contribution in [0.1, 0.15) is 20.3 Å². The monoisotopic (exact) mass is 216 g/mol. The highest BCUT2D eigenvalue weighted by atomic mass is 16.5. The van der Waals surface area contributed by atoms with Crippen LogP contribution < -0.4 is 5.73 Å². The summed E-state index contributed by atoms with van der Waals surface area (Å²) in [5, 5.41) is 0. The molecule has 5 nitrogen and oxygen atoms in total. The molecular weight excluding hydrogens is 196 g/mol. The van der Waals surface area contributed by atoms with Gasteiger partial charge in [-0.1, -0.05) is 13.8 Å². The molecule has 0 radical (unpaired) electrons. The number of amides is 1. The van der Waals surface area contributed by atoms with Gasteiger partial charge in [0, 0.05) is 12.5 Å². The van der Waals surface area contributed by atoms with Crippen LogP contribution in [-0.2, 0) is 14.3 Å². The average Bonchev–Trinajstić information content (AvgIpc) is 2.17. The van der Waals surface area contributed by atoms with Crippen LogP contribution in [-0.4, -0.2) is 43.5 Å². The fourth-order valence-corrected chi connectivity index (χ4v) is 1.28. The maximum absolute atomic E-state index is 11.1. The van der Waals surface area contributed by atoms with Crippen molar-refractivity contribution in [3.8, 4) is 0 Å². The third-order valence-electron chi connectivity index (χ3n) is 2.14. The highest BCUT2D eigenvalue weighted by molar-refractivity contribution is 5.76. The SMILES string of the molecule is CCCN(CC(=O)OC)CC(C)C(N)=O. The van der Waals surface area contributed by atoms with E-state index in [4.69, 9.17) is 5.73 Å². The van der Waals surface area contributed by atoms with Gasteiger partial charge in [-0.25, -0.2) is 0 Å². The lowest BCUT2D eigenvalue weighted by molar-refractivity contribution is -0.142. The van der Waals surface area contributed by atoms with Crippen molar-refractivity contribution < 1.29 is 14.3 Å². The van der Waals surface area contributed by atoms with Crippen LogP contribution in [0.2, 0.25) is 0 Å². The molecule has 0 aliphatic rings. The van der Waals surface area contributed by atoms with Crippen molar-refractivity contribution in [2.75, 3.05) is 26.7 Å². The van der Waals surface area contributed by atoms with Gasteiger partial charge in [-0.2, -0.15) is 0 Å². The van der Waals surface area contributed by atoms with Crippen LogP contribution in [0.3, 0.4) is 0 Å². The van der Waals surface area contributed by atoms with Crippen LogP contribution in [0.25, 0.3) is 0 Å². The molecule has 0 aromatic carbocycles. The molecule has 5 heteroatoms. The van der Waals surface area contributed by atoms with Crippen molar-refractivity contribution in [1.29, 1.82) is 0 Å². The Hall–Kier alpha value is -1.10. The molecule has 0 aromatic rings. The maximum Gasteiger partial charge on any atom is 0.319 e. The van der Waals surface area contributed by atoms with Gasteiger partial charge in [0.25, 0.3) is 0 Å². The lowest BCUT2D eigenvalue weighted by Crippen LogP contribution is -2.38. The molecule has 0 heterocycles. The highest BCUT2D eigenvalue weighted by Gasteiger charge is 2.16. The summed E-state index contributed by atoms with van der Waals surface area (Å²) in [7, 11) is 1.35. The standard InChI is InChI=1S/C10H20N2O3/c1-4-5-12(7-9(13)15-3)6-8(2)10(11)14/h8H,4-7H2,1-3H3,(H2,11,14). The number of nitrogens with two attached hydrogens (primary N) is 1. The van der Waals surface area contributed by atoms with E-state index in [1.54, 1.807) is 6.92 Å². The van der Waals surface area contributed by atoms with E-state index < -0.39 is 0 Å². The fourth-order valence-electron chi connectivity index (χ4n) is 1.28. The number of ether oxygens (including phenoxy) is 1. The van der Waals surface area contributed by atoms with E-state index in [0.717, 1.165) is 13.0 Å². The second kappa shape index (κ2) is 7.23. The van der Waals surface area contributed by atoms with Crippen LogP contribution in [0, 0.1) is 5.92 Å². The molecule has 1 amide bonds. The Balaban J connectivity index is 4.14. The number of nitrogens with zero attached hydrogens (tertiary/aromatic N) is 1. The number of methoxy groups -OCH3 is 1. The zero-order chi connectivity index (χ0) is 11.8. The van der Waals surface area contributed by atoms with E-state index in [2.05, 4.69) is 4.74 Å². The first-order valence-corrected chi connectivity index (χ1v) is 5.09. The van der Waals surface area contributed by atoms with Crippen LogP contribution >= 0.6 is 0 Å². The van der Waals surface area contributed by atoms with Crippen LogP contribution in [0.15, 0.2) is 0 Å². The van der Waals surface area contributed by atoms with Gasteiger partial charge in [0.2, 0.25) is 5.91 Å². The average molecular weight is 216 g/mol. The number of primary amides is 1. The molecule has 0 saturated carbocycles. The Morgan fingerprint density at radius 3 is 2.47 bits per heavy atom. The molecule has 2 N–H and O–H groups in total. The maximum atomic E-state index is 11.1. The van der Waals surface area contributed by atoms with Crippen molar-refractivity contribution >= 4 is 11.9 Å². The van der Waals surface area contributed by atoms with Gasteiger partial charge < -0.3 is 10.5 Å². The van der Waals surface area contributed by atoms with Gasteiger partial charge in [0.1, 0.15) is 0 Å². The molecule has 0 bridgehead atoms. The lowest BCUT2D eigenvalue weighted by atomic mass is 10.1. The number of hydrogen-bond acceptors (Lipinski definition) is 4. The first-order chi connectivity index (χ1) is 7.01. The summed E-state index contributed by atoms with van der Waals surface area (Å²) >= 11 is 0. The number of carbonyl (C=O) groups excluding carboxylic acids is 2. The Morgan fingerprint density at radius 1 is 1.47 bits per heavy atom.